The molecule has 25 heavy (non-hydrogen) atoms. The fourth-order valence-electron chi connectivity index (χ4n) is 2.68. The Balaban J connectivity index is 1.65. The highest BCUT2D eigenvalue weighted by atomic mass is 19.1. The molecule has 0 fully saturated rings. The molecule has 0 saturated heterocycles. The van der Waals surface area contributed by atoms with Gasteiger partial charge in [-0.2, -0.15) is 0 Å². The zero-order chi connectivity index (χ0) is 17.8. The number of benzene rings is 2. The highest BCUT2D eigenvalue weighted by Crippen LogP contribution is 2.08. The molecule has 6 heteroatoms. The average Bonchev–Trinajstić information content (AvgIpc) is 2.59. The number of aryl methyl sites for hydroxylation is 1. The van der Waals surface area contributed by atoms with Crippen molar-refractivity contribution in [3.63, 3.8) is 0 Å². The van der Waals surface area contributed by atoms with Crippen molar-refractivity contribution in [1.29, 1.82) is 0 Å². The van der Waals surface area contributed by atoms with Crippen molar-refractivity contribution in [2.75, 3.05) is 6.54 Å². The second-order valence-electron chi connectivity index (χ2n) is 5.87. The Kier molecular flexibility index (Phi) is 4.88. The van der Waals surface area contributed by atoms with Crippen LogP contribution in [0, 0.1) is 12.7 Å². The quantitative estimate of drug-likeness (QED) is 0.775. The van der Waals surface area contributed by atoms with Gasteiger partial charge in [0.25, 0.3) is 5.56 Å². The summed E-state index contributed by atoms with van der Waals surface area (Å²) in [4.78, 5) is 28.5. The molecule has 0 aliphatic heterocycles. The molecule has 0 bridgehead atoms. The summed E-state index contributed by atoms with van der Waals surface area (Å²) in [5.74, 6) is -0.792. The SMILES string of the molecule is Cc1ccccc1CCNC(=O)Cn1cnc2ccc(F)cc2c1=O. The van der Waals surface area contributed by atoms with Gasteiger partial charge in [-0.1, -0.05) is 24.3 Å². The van der Waals surface area contributed by atoms with Gasteiger partial charge in [-0.25, -0.2) is 9.37 Å². The van der Waals surface area contributed by atoms with Gasteiger partial charge in [-0.05, 0) is 42.7 Å². The normalized spacial score (nSPS) is 10.8. The fraction of sp³-hybridized carbons (Fsp3) is 0.211. The third kappa shape index (κ3) is 3.91. The van der Waals surface area contributed by atoms with Gasteiger partial charge in [0.05, 0.1) is 17.2 Å². The lowest BCUT2D eigenvalue weighted by Crippen LogP contribution is -2.33. The van der Waals surface area contributed by atoms with E-state index in [0.29, 0.717) is 18.5 Å². The largest absolute Gasteiger partial charge is 0.354 e. The smallest absolute Gasteiger partial charge is 0.261 e. The number of fused-ring (bicyclic) bond motifs is 1. The minimum atomic E-state index is -0.508. The molecule has 0 saturated carbocycles. The van der Waals surface area contributed by atoms with Crippen LogP contribution in [0.5, 0.6) is 0 Å². The van der Waals surface area contributed by atoms with E-state index in [-0.39, 0.29) is 17.8 Å². The average molecular weight is 339 g/mol. The van der Waals surface area contributed by atoms with Gasteiger partial charge in [-0.3, -0.25) is 14.2 Å². The molecule has 1 amide bonds. The summed E-state index contributed by atoms with van der Waals surface area (Å²) in [7, 11) is 0. The van der Waals surface area contributed by atoms with E-state index in [1.54, 1.807) is 0 Å². The van der Waals surface area contributed by atoms with E-state index in [0.717, 1.165) is 6.07 Å². The monoisotopic (exact) mass is 339 g/mol. The van der Waals surface area contributed by atoms with E-state index >= 15 is 0 Å². The molecular formula is C19H18FN3O2. The van der Waals surface area contributed by atoms with Crippen LogP contribution in [0.3, 0.4) is 0 Å². The molecule has 5 nitrogen and oxygen atoms in total. The fourth-order valence-corrected chi connectivity index (χ4v) is 2.68. The lowest BCUT2D eigenvalue weighted by molar-refractivity contribution is -0.121. The Morgan fingerprint density at radius 3 is 2.84 bits per heavy atom. The molecule has 128 valence electrons. The van der Waals surface area contributed by atoms with Crippen LogP contribution >= 0.6 is 0 Å². The molecule has 0 radical (unpaired) electrons. The first-order chi connectivity index (χ1) is 12.0. The number of amides is 1. The number of carbonyl (C=O) groups excluding carboxylic acids is 1. The van der Waals surface area contributed by atoms with E-state index in [1.165, 1.54) is 34.2 Å². The van der Waals surface area contributed by atoms with Crippen LogP contribution in [0.1, 0.15) is 11.1 Å². The van der Waals surface area contributed by atoms with Gasteiger partial charge in [0, 0.05) is 6.54 Å². The summed E-state index contributed by atoms with van der Waals surface area (Å²) in [5, 5.41) is 2.96. The Morgan fingerprint density at radius 1 is 1.24 bits per heavy atom. The van der Waals surface area contributed by atoms with Crippen LogP contribution in [-0.4, -0.2) is 22.0 Å². The van der Waals surface area contributed by atoms with Gasteiger partial charge in [-0.15, -0.1) is 0 Å². The van der Waals surface area contributed by atoms with Crippen LogP contribution in [0.15, 0.2) is 53.6 Å². The minimum Gasteiger partial charge on any atom is -0.354 e. The number of rotatable bonds is 5. The third-order valence-corrected chi connectivity index (χ3v) is 4.08. The number of aromatic nitrogens is 2. The van der Waals surface area contributed by atoms with Gasteiger partial charge in [0.2, 0.25) is 5.91 Å². The predicted octanol–water partition coefficient (Wildman–Crippen LogP) is 2.20. The van der Waals surface area contributed by atoms with Gasteiger partial charge < -0.3 is 5.32 Å². The molecule has 2 aromatic carbocycles. The Labute approximate surface area is 144 Å². The maximum absolute atomic E-state index is 13.3. The summed E-state index contributed by atoms with van der Waals surface area (Å²) < 4.78 is 14.5. The number of nitrogens with zero attached hydrogens (tertiary/aromatic N) is 2. The van der Waals surface area contributed by atoms with E-state index in [2.05, 4.69) is 10.3 Å². The molecule has 3 rings (SSSR count). The third-order valence-electron chi connectivity index (χ3n) is 4.08. The van der Waals surface area contributed by atoms with Crippen molar-refractivity contribution in [3.8, 4) is 0 Å². The topological polar surface area (TPSA) is 64.0 Å². The standard InChI is InChI=1S/C19H18FN3O2/c1-13-4-2-3-5-14(13)8-9-21-18(24)11-23-12-22-17-7-6-15(20)10-16(17)19(23)25/h2-7,10,12H,8-9,11H2,1H3,(H,21,24). The number of carbonyl (C=O) groups is 1. The molecule has 1 heterocycles. The van der Waals surface area contributed by atoms with Crippen molar-refractivity contribution in [1.82, 2.24) is 14.9 Å². The van der Waals surface area contributed by atoms with E-state index in [1.807, 2.05) is 31.2 Å². The summed E-state index contributed by atoms with van der Waals surface area (Å²) in [5.41, 5.74) is 2.32. The molecule has 1 N–H and O–H groups in total. The summed E-state index contributed by atoms with van der Waals surface area (Å²) >= 11 is 0. The molecule has 0 aliphatic carbocycles. The molecule has 1 aromatic heterocycles. The highest BCUT2D eigenvalue weighted by Gasteiger charge is 2.09. The van der Waals surface area contributed by atoms with Crippen LogP contribution < -0.4 is 10.9 Å². The molecule has 0 aliphatic rings. The van der Waals surface area contributed by atoms with E-state index in [9.17, 15) is 14.0 Å². The predicted molar refractivity (Wildman–Crippen MR) is 93.9 cm³/mol. The zero-order valence-corrected chi connectivity index (χ0v) is 13.8. The van der Waals surface area contributed by atoms with Crippen molar-refractivity contribution in [2.45, 2.75) is 19.9 Å². The van der Waals surface area contributed by atoms with E-state index in [4.69, 9.17) is 0 Å². The Morgan fingerprint density at radius 2 is 2.04 bits per heavy atom. The highest BCUT2D eigenvalue weighted by molar-refractivity contribution is 5.79. The maximum atomic E-state index is 13.3. The van der Waals surface area contributed by atoms with Crippen molar-refractivity contribution in [3.05, 3.63) is 76.1 Å². The molecule has 0 unspecified atom stereocenters. The molecular weight excluding hydrogens is 321 g/mol. The molecule has 3 aromatic rings. The van der Waals surface area contributed by atoms with Crippen molar-refractivity contribution < 1.29 is 9.18 Å². The maximum Gasteiger partial charge on any atom is 0.261 e. The second kappa shape index (κ2) is 7.25. The lowest BCUT2D eigenvalue weighted by Gasteiger charge is -2.09. The molecule has 0 atom stereocenters. The van der Waals surface area contributed by atoms with Crippen LogP contribution in [0.25, 0.3) is 10.9 Å². The Bertz CT molecular complexity index is 982. The van der Waals surface area contributed by atoms with Crippen molar-refractivity contribution in [2.24, 2.45) is 0 Å². The van der Waals surface area contributed by atoms with Crippen LogP contribution in [-0.2, 0) is 17.8 Å². The first-order valence-electron chi connectivity index (χ1n) is 8.00. The minimum absolute atomic E-state index is 0.147. The summed E-state index contributed by atoms with van der Waals surface area (Å²) in [6.45, 7) is 2.36. The lowest BCUT2D eigenvalue weighted by atomic mass is 10.1. The van der Waals surface area contributed by atoms with Gasteiger partial charge >= 0.3 is 0 Å². The number of hydrogen-bond donors (Lipinski definition) is 1. The van der Waals surface area contributed by atoms with Crippen LogP contribution in [0.4, 0.5) is 4.39 Å². The summed E-state index contributed by atoms with van der Waals surface area (Å²) in [6, 6.07) is 11.8. The molecule has 0 spiro atoms. The second-order valence-corrected chi connectivity index (χ2v) is 5.87. The zero-order valence-electron chi connectivity index (χ0n) is 13.8. The number of hydrogen-bond acceptors (Lipinski definition) is 3. The summed E-state index contributed by atoms with van der Waals surface area (Å²) in [6.07, 6.45) is 2.03. The van der Waals surface area contributed by atoms with Gasteiger partial charge in [0.15, 0.2) is 0 Å². The Hall–Kier alpha value is -3.02. The van der Waals surface area contributed by atoms with Crippen LogP contribution in [0.2, 0.25) is 0 Å². The first kappa shape index (κ1) is 16.8. The van der Waals surface area contributed by atoms with E-state index < -0.39 is 11.4 Å². The first-order valence-corrected chi connectivity index (χ1v) is 8.00. The van der Waals surface area contributed by atoms with Crippen molar-refractivity contribution >= 4 is 16.8 Å². The number of halogens is 1. The van der Waals surface area contributed by atoms with Gasteiger partial charge in [0.1, 0.15) is 12.4 Å². The number of nitrogens with one attached hydrogen (secondary N) is 1.